The molecule has 0 fully saturated rings. The van der Waals surface area contributed by atoms with Crippen LogP contribution >= 0.6 is 0 Å². The van der Waals surface area contributed by atoms with Gasteiger partial charge in [-0.25, -0.2) is 9.98 Å². The normalized spacial score (nSPS) is 16.6. The number of alkyl halides is 3. The molecule has 0 bridgehead atoms. The standard InChI is InChI=1S/C26H24F3N7O/c1-2-11-25(20-14-31-36(16-20)15-17-7-4-3-5-8-17)34-21-22(35-25)32-24(33-23(21)37)30-13-18-9-6-10-19(12-18)26(27,28)29/h3-10,12,14,16H,2,11,13,15H2,1H3,(H2,30,32,33,35,37). The Labute approximate surface area is 209 Å². The molecule has 0 aliphatic carbocycles. The summed E-state index contributed by atoms with van der Waals surface area (Å²) < 4.78 is 40.8. The summed E-state index contributed by atoms with van der Waals surface area (Å²) in [6, 6.07) is 14.9. The van der Waals surface area contributed by atoms with Gasteiger partial charge in [0.1, 0.15) is 0 Å². The van der Waals surface area contributed by atoms with Crippen molar-refractivity contribution in [2.75, 3.05) is 5.32 Å². The number of fused-ring (bicyclic) bond motifs is 1. The summed E-state index contributed by atoms with van der Waals surface area (Å²) in [5.41, 5.74) is 0.181. The molecule has 37 heavy (non-hydrogen) atoms. The average molecular weight is 508 g/mol. The van der Waals surface area contributed by atoms with Crippen LogP contribution in [-0.4, -0.2) is 19.7 Å². The van der Waals surface area contributed by atoms with E-state index in [0.717, 1.165) is 29.7 Å². The molecule has 0 spiro atoms. The number of benzene rings is 2. The molecule has 1 aliphatic heterocycles. The lowest BCUT2D eigenvalue weighted by Gasteiger charge is -2.20. The molecule has 2 N–H and O–H groups in total. The molecule has 190 valence electrons. The van der Waals surface area contributed by atoms with E-state index in [1.807, 2.05) is 43.5 Å². The van der Waals surface area contributed by atoms with E-state index in [9.17, 15) is 18.0 Å². The number of anilines is 1. The van der Waals surface area contributed by atoms with Gasteiger partial charge in [-0.05, 0) is 29.7 Å². The molecule has 5 rings (SSSR count). The first-order valence-corrected chi connectivity index (χ1v) is 11.8. The fraction of sp³-hybridized carbons (Fsp3) is 0.269. The number of aromatic amines is 1. The predicted molar refractivity (Wildman–Crippen MR) is 130 cm³/mol. The van der Waals surface area contributed by atoms with Crippen LogP contribution in [0.5, 0.6) is 0 Å². The van der Waals surface area contributed by atoms with E-state index in [1.54, 1.807) is 16.9 Å². The minimum Gasteiger partial charge on any atom is -0.352 e. The highest BCUT2D eigenvalue weighted by molar-refractivity contribution is 5.31. The highest BCUT2D eigenvalue weighted by Gasteiger charge is 2.35. The first-order valence-electron chi connectivity index (χ1n) is 11.8. The van der Waals surface area contributed by atoms with Crippen LogP contribution in [0, 0.1) is 0 Å². The van der Waals surface area contributed by atoms with Gasteiger partial charge in [0, 0.05) is 18.3 Å². The summed E-state index contributed by atoms with van der Waals surface area (Å²) in [6.07, 6.45) is 0.450. The van der Waals surface area contributed by atoms with Gasteiger partial charge in [-0.2, -0.15) is 23.3 Å². The van der Waals surface area contributed by atoms with Crippen molar-refractivity contribution in [1.29, 1.82) is 0 Å². The largest absolute Gasteiger partial charge is 0.416 e. The number of nitrogens with one attached hydrogen (secondary N) is 2. The number of rotatable bonds is 8. The lowest BCUT2D eigenvalue weighted by atomic mass is 9.99. The van der Waals surface area contributed by atoms with Gasteiger partial charge in [0.15, 0.2) is 16.5 Å². The SMILES string of the molecule is CCCC1(c2cnn(Cc3ccccc3)c2)N=c2nc(NCc3cccc(C(F)(F)F)c3)[nH]c(=O)c2=N1. The molecule has 2 aromatic carbocycles. The Morgan fingerprint density at radius 1 is 1.05 bits per heavy atom. The second-order valence-corrected chi connectivity index (χ2v) is 8.84. The third-order valence-corrected chi connectivity index (χ3v) is 6.06. The zero-order valence-electron chi connectivity index (χ0n) is 20.0. The zero-order valence-corrected chi connectivity index (χ0v) is 20.0. The predicted octanol–water partition coefficient (Wildman–Crippen LogP) is 3.55. The Bertz CT molecular complexity index is 1590. The summed E-state index contributed by atoms with van der Waals surface area (Å²) in [5.74, 6) is 0.104. The van der Waals surface area contributed by atoms with Crippen LogP contribution < -0.4 is 21.7 Å². The average Bonchev–Trinajstić information content (AvgIpc) is 3.49. The minimum absolute atomic E-state index is 0.0369. The van der Waals surface area contributed by atoms with Crippen LogP contribution in [0.2, 0.25) is 0 Å². The molecule has 0 amide bonds. The number of nitrogens with zero attached hydrogens (tertiary/aromatic N) is 5. The molecule has 0 saturated heterocycles. The lowest BCUT2D eigenvalue weighted by molar-refractivity contribution is -0.137. The van der Waals surface area contributed by atoms with Gasteiger partial charge in [-0.3, -0.25) is 14.5 Å². The molecule has 1 aliphatic rings. The molecular weight excluding hydrogens is 483 g/mol. The summed E-state index contributed by atoms with van der Waals surface area (Å²) in [4.78, 5) is 29.3. The van der Waals surface area contributed by atoms with Crippen LogP contribution in [0.25, 0.3) is 0 Å². The summed E-state index contributed by atoms with van der Waals surface area (Å²) >= 11 is 0. The zero-order chi connectivity index (χ0) is 26.0. The van der Waals surface area contributed by atoms with Crippen LogP contribution in [0.1, 0.15) is 42.0 Å². The van der Waals surface area contributed by atoms with E-state index in [1.165, 1.54) is 6.07 Å². The topological polar surface area (TPSA) is 100 Å². The Balaban J connectivity index is 1.42. The molecule has 1 unspecified atom stereocenters. The van der Waals surface area contributed by atoms with Gasteiger partial charge in [-0.15, -0.1) is 0 Å². The maximum Gasteiger partial charge on any atom is 0.416 e. The summed E-state index contributed by atoms with van der Waals surface area (Å²) in [5, 5.41) is 7.48. The van der Waals surface area contributed by atoms with E-state index in [4.69, 9.17) is 4.99 Å². The van der Waals surface area contributed by atoms with E-state index in [-0.39, 0.29) is 23.3 Å². The van der Waals surface area contributed by atoms with Gasteiger partial charge in [0.25, 0.3) is 5.56 Å². The quantitative estimate of drug-likeness (QED) is 0.381. The van der Waals surface area contributed by atoms with Crippen molar-refractivity contribution in [2.45, 2.75) is 44.7 Å². The van der Waals surface area contributed by atoms with E-state index >= 15 is 0 Å². The highest BCUT2D eigenvalue weighted by Crippen LogP contribution is 2.33. The van der Waals surface area contributed by atoms with Crippen molar-refractivity contribution in [2.24, 2.45) is 9.98 Å². The van der Waals surface area contributed by atoms with E-state index in [0.29, 0.717) is 18.5 Å². The van der Waals surface area contributed by atoms with Crippen molar-refractivity contribution >= 4 is 5.95 Å². The maximum absolute atomic E-state index is 13.0. The van der Waals surface area contributed by atoms with Crippen LogP contribution in [0.15, 0.2) is 81.8 Å². The number of aromatic nitrogens is 4. The first kappa shape index (κ1) is 24.4. The van der Waals surface area contributed by atoms with Crippen molar-refractivity contribution in [3.8, 4) is 0 Å². The third kappa shape index (κ3) is 5.16. The number of hydrogen-bond acceptors (Lipinski definition) is 6. The smallest absolute Gasteiger partial charge is 0.352 e. The maximum atomic E-state index is 13.0. The molecule has 0 radical (unpaired) electrons. The Hall–Kier alpha value is -4.28. The summed E-state index contributed by atoms with van der Waals surface area (Å²) in [7, 11) is 0. The highest BCUT2D eigenvalue weighted by atomic mass is 19.4. The van der Waals surface area contributed by atoms with Crippen LogP contribution in [-0.2, 0) is 24.9 Å². The minimum atomic E-state index is -4.44. The van der Waals surface area contributed by atoms with E-state index in [2.05, 4.69) is 25.4 Å². The molecular formula is C26H24F3N7O. The molecule has 3 heterocycles. The van der Waals surface area contributed by atoms with Gasteiger partial charge in [0.2, 0.25) is 5.95 Å². The Morgan fingerprint density at radius 3 is 2.59 bits per heavy atom. The van der Waals surface area contributed by atoms with Gasteiger partial charge >= 0.3 is 6.18 Å². The number of halogens is 3. The van der Waals surface area contributed by atoms with E-state index < -0.39 is 23.0 Å². The molecule has 2 aromatic heterocycles. The lowest BCUT2D eigenvalue weighted by Crippen LogP contribution is -2.41. The molecule has 0 saturated carbocycles. The molecule has 4 aromatic rings. The molecule has 11 heteroatoms. The Kier molecular flexibility index (Phi) is 6.36. The van der Waals surface area contributed by atoms with Gasteiger partial charge < -0.3 is 5.32 Å². The second kappa shape index (κ2) is 9.64. The van der Waals surface area contributed by atoms with Crippen molar-refractivity contribution in [3.63, 3.8) is 0 Å². The Morgan fingerprint density at radius 2 is 1.84 bits per heavy atom. The van der Waals surface area contributed by atoms with Crippen molar-refractivity contribution in [1.82, 2.24) is 19.7 Å². The molecule has 8 nitrogen and oxygen atoms in total. The van der Waals surface area contributed by atoms with Gasteiger partial charge in [0.05, 0.1) is 18.3 Å². The van der Waals surface area contributed by atoms with Crippen molar-refractivity contribution < 1.29 is 13.2 Å². The van der Waals surface area contributed by atoms with Gasteiger partial charge in [-0.1, -0.05) is 55.8 Å². The monoisotopic (exact) mass is 507 g/mol. The number of H-pyrrole nitrogens is 1. The van der Waals surface area contributed by atoms with Crippen LogP contribution in [0.3, 0.4) is 0 Å². The fourth-order valence-electron chi connectivity index (χ4n) is 4.31. The first-order chi connectivity index (χ1) is 17.8. The second-order valence-electron chi connectivity index (χ2n) is 8.84. The number of hydrogen-bond donors (Lipinski definition) is 2. The molecule has 1 atom stereocenters. The van der Waals surface area contributed by atoms with Crippen LogP contribution in [0.4, 0.5) is 19.1 Å². The van der Waals surface area contributed by atoms with Crippen molar-refractivity contribution in [3.05, 3.63) is 110 Å². The summed E-state index contributed by atoms with van der Waals surface area (Å²) in [6.45, 7) is 2.62. The third-order valence-electron chi connectivity index (χ3n) is 6.06. The fourth-order valence-corrected chi connectivity index (χ4v) is 4.31.